The van der Waals surface area contributed by atoms with Gasteiger partial charge >= 0.3 is 52.7 Å². The number of para-hydroxylation sites is 1. The fraction of sp³-hybridized carbons (Fsp3) is 0.575. The fourth-order valence-corrected chi connectivity index (χ4v) is 7.48. The quantitative estimate of drug-likeness (QED) is 0.0920. The summed E-state index contributed by atoms with van der Waals surface area (Å²) in [5, 5.41) is 25.4. The van der Waals surface area contributed by atoms with E-state index in [-0.39, 0.29) is 48.9 Å². The molecule has 6 heterocycles. The maximum Gasteiger partial charge on any atom is 0.414 e. The summed E-state index contributed by atoms with van der Waals surface area (Å²) < 4.78 is 47.2. The molecule has 0 aliphatic carbocycles. The van der Waals surface area contributed by atoms with Crippen molar-refractivity contribution in [3.8, 4) is 5.75 Å². The average molecular weight is 937 g/mol. The predicted molar refractivity (Wildman–Crippen MR) is 227 cm³/mol. The molecule has 3 aliphatic rings. The van der Waals surface area contributed by atoms with Crippen LogP contribution in [0.2, 0.25) is 0 Å². The van der Waals surface area contributed by atoms with Crippen LogP contribution in [0.15, 0.2) is 53.0 Å². The molecule has 0 radical (unpaired) electrons. The zero-order chi connectivity index (χ0) is 49.0. The van der Waals surface area contributed by atoms with Gasteiger partial charge in [-0.1, -0.05) is 18.2 Å². The Balaban J connectivity index is 0.000000242. The smallest absolute Gasteiger partial charge is 0.414 e. The lowest BCUT2D eigenvalue weighted by atomic mass is 9.99. The molecule has 2 bridgehead atoms. The highest BCUT2D eigenvalue weighted by Gasteiger charge is 2.42. The number of aryl methyl sites for hydroxylation is 3. The molecule has 24 nitrogen and oxygen atoms in total. The van der Waals surface area contributed by atoms with Crippen molar-refractivity contribution in [3.63, 3.8) is 0 Å². The Kier molecular flexibility index (Phi) is 18.6. The molecular weight excluding hydrogens is 882 g/mol. The predicted octanol–water partition coefficient (Wildman–Crippen LogP) is -1.03. The third kappa shape index (κ3) is 14.2. The second-order valence-electron chi connectivity index (χ2n) is 15.3. The Morgan fingerprint density at radius 1 is 0.818 bits per heavy atom. The summed E-state index contributed by atoms with van der Waals surface area (Å²) >= 11 is 0. The zero-order valence-electron chi connectivity index (χ0n) is 37.2. The van der Waals surface area contributed by atoms with Gasteiger partial charge in [-0.3, -0.25) is 23.6 Å². The number of aliphatic hydroxyl groups is 1. The number of aromatic nitrogens is 9. The number of alkyl halides is 2. The molecule has 66 heavy (non-hydrogen) atoms. The maximum atomic E-state index is 12.6. The Hall–Kier alpha value is -6.51. The third-order valence-corrected chi connectivity index (χ3v) is 10.9. The topological polar surface area (TPSA) is 311 Å². The molecule has 1 aromatic carbocycles. The first-order valence-electron chi connectivity index (χ1n) is 20.8. The van der Waals surface area contributed by atoms with Crippen molar-refractivity contribution in [2.24, 2.45) is 7.05 Å². The number of carboxylic acid groups (broad SMARTS) is 2. The second-order valence-corrected chi connectivity index (χ2v) is 15.3. The first-order chi connectivity index (χ1) is 31.1. The molecule has 0 amide bonds. The zero-order valence-corrected chi connectivity index (χ0v) is 37.2. The van der Waals surface area contributed by atoms with Crippen LogP contribution in [0, 0.1) is 20.8 Å². The molecule has 4 unspecified atom stereocenters. The number of carboxylic acids is 2. The van der Waals surface area contributed by atoms with Gasteiger partial charge in [-0.2, -0.15) is 23.7 Å². The molecule has 4 aromatic rings. The van der Waals surface area contributed by atoms with Gasteiger partial charge in [0.05, 0.1) is 44.6 Å². The molecule has 362 valence electrons. The van der Waals surface area contributed by atoms with E-state index < -0.39 is 53.1 Å². The van der Waals surface area contributed by atoms with E-state index in [0.29, 0.717) is 55.8 Å². The largest absolute Gasteiger partial charge is 0.473 e. The first kappa shape index (κ1) is 52.1. The van der Waals surface area contributed by atoms with Gasteiger partial charge in [0.1, 0.15) is 23.2 Å². The normalized spacial score (nSPS) is 18.8. The summed E-state index contributed by atoms with van der Waals surface area (Å²) in [5.74, 6) is -2.30. The van der Waals surface area contributed by atoms with Gasteiger partial charge < -0.3 is 29.5 Å². The molecule has 0 saturated carbocycles. The maximum absolute atomic E-state index is 12.6. The molecule has 3 aliphatic heterocycles. The van der Waals surface area contributed by atoms with E-state index in [1.54, 1.807) is 39.0 Å². The van der Waals surface area contributed by atoms with Crippen molar-refractivity contribution in [1.82, 2.24) is 47.7 Å². The van der Waals surface area contributed by atoms with Gasteiger partial charge in [-0.05, 0) is 66.4 Å². The SMILES string of the molecule is CCn1c(C)nc(=O)[nH]c1=O.CCn1c(C)nc(=O)n(CC2CO2)c1=O.Cc1nc(=O)n(CC(O)CN2C3CCC2CC(OCc2ccccc2OC(F)F)C3)c(=O)n1C.O=C(O)C(=O)O. The summed E-state index contributed by atoms with van der Waals surface area (Å²) in [6, 6.07) is 7.03. The van der Waals surface area contributed by atoms with E-state index >= 15 is 0 Å². The minimum atomic E-state index is -2.89. The van der Waals surface area contributed by atoms with Crippen LogP contribution in [-0.4, -0.2) is 125 Å². The van der Waals surface area contributed by atoms with Crippen LogP contribution in [-0.2, 0) is 58.9 Å². The van der Waals surface area contributed by atoms with Crippen molar-refractivity contribution in [1.29, 1.82) is 0 Å². The number of halogens is 2. The third-order valence-electron chi connectivity index (χ3n) is 10.9. The van der Waals surface area contributed by atoms with Crippen LogP contribution in [0.3, 0.4) is 0 Å². The summed E-state index contributed by atoms with van der Waals surface area (Å²) in [4.78, 5) is 103. The highest BCUT2D eigenvalue weighted by Crippen LogP contribution is 2.37. The molecule has 3 saturated heterocycles. The van der Waals surface area contributed by atoms with E-state index in [4.69, 9.17) is 29.3 Å². The molecule has 3 aromatic heterocycles. The number of nitrogens with one attached hydrogen (secondary N) is 1. The summed E-state index contributed by atoms with van der Waals surface area (Å²) in [6.45, 7) is 8.01. The van der Waals surface area contributed by atoms with Crippen molar-refractivity contribution in [2.45, 2.75) is 130 Å². The molecule has 0 spiro atoms. The number of aromatic amines is 1. The van der Waals surface area contributed by atoms with Crippen molar-refractivity contribution >= 4 is 11.9 Å². The van der Waals surface area contributed by atoms with Crippen LogP contribution < -0.4 is 38.9 Å². The van der Waals surface area contributed by atoms with E-state index in [9.17, 15) is 42.7 Å². The molecule has 3 fully saturated rings. The summed E-state index contributed by atoms with van der Waals surface area (Å²) in [5.41, 5.74) is -2.36. The average Bonchev–Trinajstić information content (AvgIpc) is 4.04. The number of benzene rings is 1. The van der Waals surface area contributed by atoms with E-state index in [0.717, 1.165) is 34.8 Å². The number of rotatable bonds is 13. The van der Waals surface area contributed by atoms with Crippen molar-refractivity contribution < 1.29 is 47.9 Å². The number of hydrogen-bond donors (Lipinski definition) is 4. The number of H-pyrrole nitrogens is 1. The number of ether oxygens (including phenoxy) is 3. The lowest BCUT2D eigenvalue weighted by Crippen LogP contribution is -2.50. The van der Waals surface area contributed by atoms with E-state index in [1.807, 2.05) is 13.8 Å². The van der Waals surface area contributed by atoms with Gasteiger partial charge in [-0.25, -0.2) is 47.5 Å². The van der Waals surface area contributed by atoms with E-state index in [2.05, 4.69) is 29.6 Å². The van der Waals surface area contributed by atoms with Gasteiger partial charge in [0, 0.05) is 44.3 Å². The Labute approximate surface area is 373 Å². The minimum Gasteiger partial charge on any atom is -0.473 e. The number of aliphatic hydroxyl groups excluding tert-OH is 1. The van der Waals surface area contributed by atoms with Gasteiger partial charge in [0.15, 0.2) is 0 Å². The van der Waals surface area contributed by atoms with Crippen molar-refractivity contribution in [2.75, 3.05) is 13.2 Å². The molecule has 7 rings (SSSR count). The van der Waals surface area contributed by atoms with Gasteiger partial charge in [-0.15, -0.1) is 0 Å². The number of fused-ring (bicyclic) bond motifs is 2. The minimum absolute atomic E-state index is 0.00483. The van der Waals surface area contributed by atoms with Crippen molar-refractivity contribution in [3.05, 3.63) is 110 Å². The van der Waals surface area contributed by atoms with Gasteiger partial charge in [0.25, 0.3) is 0 Å². The number of carbonyl (C=O) groups is 2. The van der Waals surface area contributed by atoms with Crippen LogP contribution in [0.25, 0.3) is 0 Å². The number of hydrogen-bond acceptors (Lipinski definition) is 16. The highest BCUT2D eigenvalue weighted by atomic mass is 19.3. The van der Waals surface area contributed by atoms with Crippen LogP contribution in [0.1, 0.15) is 62.6 Å². The van der Waals surface area contributed by atoms with E-state index in [1.165, 1.54) is 26.8 Å². The molecule has 26 heteroatoms. The number of aliphatic carboxylic acids is 2. The van der Waals surface area contributed by atoms with Crippen LogP contribution >= 0.6 is 0 Å². The monoisotopic (exact) mass is 936 g/mol. The van der Waals surface area contributed by atoms with Crippen LogP contribution in [0.5, 0.6) is 5.75 Å². The Bertz CT molecular complexity index is 2670. The lowest BCUT2D eigenvalue weighted by molar-refractivity contribution is -0.159. The summed E-state index contributed by atoms with van der Waals surface area (Å²) in [7, 11) is 1.54. The highest BCUT2D eigenvalue weighted by molar-refractivity contribution is 6.27. The lowest BCUT2D eigenvalue weighted by Gasteiger charge is -2.39. The molecule has 4 atom stereocenters. The first-order valence-corrected chi connectivity index (χ1v) is 20.8. The molecule has 4 N–H and O–H groups in total. The summed E-state index contributed by atoms with van der Waals surface area (Å²) in [6.07, 6.45) is 2.54. The molecular formula is C40H54F2N10O14. The number of epoxide rings is 1. The second kappa shape index (κ2) is 23.6. The number of nitrogens with zero attached hydrogens (tertiary/aromatic N) is 9. The Morgan fingerprint density at radius 2 is 1.38 bits per heavy atom. The fourth-order valence-electron chi connectivity index (χ4n) is 7.48. The standard InChI is InChI=1S/C23H30F2N4O5.C9H13N3O3.C6H9N3O2.C2H2O4/c1-14-26-22(31)29(23(32)27(14)2)12-18(30)11-28-16-7-8-17(28)10-19(9-16)33-13-15-5-3-4-6-20(15)34-21(24)25;1-3-11-6(2)10-8(13)12(9(11)14)4-7-5-15-7;1-3-9-4(2)7-5(10)8-6(9)11;3-1(4)2(5)6/h3-6,16-19,21,30H,7-13H2,1-2H3;7H,3-5H2,1-2H3;3H2,1-2H3,(H,8,10,11);(H,3,4)(H,5,6). The van der Waals surface area contributed by atoms with Crippen LogP contribution in [0.4, 0.5) is 8.78 Å². The van der Waals surface area contributed by atoms with Gasteiger partial charge in [0.2, 0.25) is 0 Å². The Morgan fingerprint density at radius 3 is 1.92 bits per heavy atom. The number of piperidine rings is 1.